The Morgan fingerprint density at radius 2 is 1.90 bits per heavy atom. The van der Waals surface area contributed by atoms with Crippen LogP contribution in [-0.4, -0.2) is 4.98 Å². The second-order valence-electron chi connectivity index (χ2n) is 4.73. The van der Waals surface area contributed by atoms with Crippen LogP contribution in [0, 0.1) is 6.92 Å². The maximum Gasteiger partial charge on any atom is 0.0702 e. The van der Waals surface area contributed by atoms with Crippen LogP contribution in [0.3, 0.4) is 0 Å². The third kappa shape index (κ3) is 3.79. The number of allylic oxidation sites excluding steroid dienone is 5. The standard InChI is InChI=1S/C19H18BrN/c1-4-15(17-9-7-6-8-10-17)12-16(5-2)19-11-14(3)18(20)13-21-19/h4-13H,1H2,2-3H3/b15-12+,16-5+. The normalized spacial score (nSPS) is 12.3. The first-order chi connectivity index (χ1) is 10.2. The van der Waals surface area contributed by atoms with Crippen LogP contribution < -0.4 is 0 Å². The lowest BCUT2D eigenvalue weighted by atomic mass is 10.0. The average Bonchev–Trinajstić information content (AvgIpc) is 2.52. The fraction of sp³-hybridized carbons (Fsp3) is 0.105. The highest BCUT2D eigenvalue weighted by molar-refractivity contribution is 9.10. The lowest BCUT2D eigenvalue weighted by Crippen LogP contribution is -1.90. The van der Waals surface area contributed by atoms with E-state index >= 15 is 0 Å². The first-order valence-electron chi connectivity index (χ1n) is 6.84. The minimum atomic E-state index is 0.966. The summed E-state index contributed by atoms with van der Waals surface area (Å²) in [5.41, 5.74) is 5.47. The zero-order valence-electron chi connectivity index (χ0n) is 12.3. The van der Waals surface area contributed by atoms with Crippen molar-refractivity contribution in [2.75, 3.05) is 0 Å². The number of aryl methyl sites for hydroxylation is 1. The minimum absolute atomic E-state index is 0.966. The second-order valence-corrected chi connectivity index (χ2v) is 5.59. The van der Waals surface area contributed by atoms with E-state index in [9.17, 15) is 0 Å². The number of aromatic nitrogens is 1. The number of nitrogens with zero attached hydrogens (tertiary/aromatic N) is 1. The third-order valence-corrected chi connectivity index (χ3v) is 4.12. The van der Waals surface area contributed by atoms with E-state index in [-0.39, 0.29) is 0 Å². The smallest absolute Gasteiger partial charge is 0.0702 e. The van der Waals surface area contributed by atoms with Crippen molar-refractivity contribution < 1.29 is 0 Å². The lowest BCUT2D eigenvalue weighted by molar-refractivity contribution is 1.22. The highest BCUT2D eigenvalue weighted by atomic mass is 79.9. The van der Waals surface area contributed by atoms with Gasteiger partial charge in [-0.15, -0.1) is 0 Å². The molecule has 0 amide bonds. The summed E-state index contributed by atoms with van der Waals surface area (Å²) in [6.07, 6.45) is 7.92. The van der Waals surface area contributed by atoms with Crippen molar-refractivity contribution in [3.63, 3.8) is 0 Å². The molecule has 0 aliphatic heterocycles. The molecule has 0 spiro atoms. The lowest BCUT2D eigenvalue weighted by Gasteiger charge is -2.07. The van der Waals surface area contributed by atoms with E-state index in [1.807, 2.05) is 37.4 Å². The van der Waals surface area contributed by atoms with Crippen molar-refractivity contribution in [3.05, 3.63) is 88.7 Å². The van der Waals surface area contributed by atoms with Gasteiger partial charge in [-0.25, -0.2) is 0 Å². The van der Waals surface area contributed by atoms with Crippen molar-refractivity contribution in [2.45, 2.75) is 13.8 Å². The molecule has 21 heavy (non-hydrogen) atoms. The van der Waals surface area contributed by atoms with Gasteiger partial charge in [0.05, 0.1) is 5.69 Å². The van der Waals surface area contributed by atoms with Crippen LogP contribution in [-0.2, 0) is 0 Å². The molecule has 0 bridgehead atoms. The summed E-state index contributed by atoms with van der Waals surface area (Å²) in [5, 5.41) is 0. The van der Waals surface area contributed by atoms with Gasteiger partial charge in [-0.3, -0.25) is 4.98 Å². The van der Waals surface area contributed by atoms with Gasteiger partial charge in [0.2, 0.25) is 0 Å². The van der Waals surface area contributed by atoms with E-state index in [0.717, 1.165) is 26.9 Å². The first-order valence-corrected chi connectivity index (χ1v) is 7.63. The average molecular weight is 340 g/mol. The Morgan fingerprint density at radius 3 is 2.48 bits per heavy atom. The molecule has 0 atom stereocenters. The van der Waals surface area contributed by atoms with Crippen LogP contribution in [0.25, 0.3) is 11.1 Å². The Morgan fingerprint density at radius 1 is 1.19 bits per heavy atom. The van der Waals surface area contributed by atoms with Gasteiger partial charge in [0.1, 0.15) is 0 Å². The molecule has 106 valence electrons. The summed E-state index contributed by atoms with van der Waals surface area (Å²) in [4.78, 5) is 4.50. The zero-order chi connectivity index (χ0) is 15.2. The van der Waals surface area contributed by atoms with Crippen LogP contribution in [0.1, 0.15) is 23.7 Å². The van der Waals surface area contributed by atoms with Gasteiger partial charge in [-0.2, -0.15) is 0 Å². The predicted octanol–water partition coefficient (Wildman–Crippen LogP) is 5.83. The van der Waals surface area contributed by atoms with Gasteiger partial charge in [0, 0.05) is 10.7 Å². The second kappa shape index (κ2) is 7.19. The fourth-order valence-corrected chi connectivity index (χ4v) is 2.28. The van der Waals surface area contributed by atoms with E-state index < -0.39 is 0 Å². The van der Waals surface area contributed by atoms with Crippen LogP contribution >= 0.6 is 15.9 Å². The van der Waals surface area contributed by atoms with E-state index in [1.165, 1.54) is 5.56 Å². The highest BCUT2D eigenvalue weighted by Gasteiger charge is 2.04. The molecule has 2 heteroatoms. The van der Waals surface area contributed by atoms with Gasteiger partial charge < -0.3 is 0 Å². The van der Waals surface area contributed by atoms with Gasteiger partial charge in [-0.05, 0) is 64.2 Å². The molecule has 0 aliphatic carbocycles. The summed E-state index contributed by atoms with van der Waals surface area (Å²) in [6.45, 7) is 8.02. The van der Waals surface area contributed by atoms with Crippen LogP contribution in [0.4, 0.5) is 0 Å². The number of halogens is 1. The molecule has 2 rings (SSSR count). The molecule has 2 aromatic rings. The number of rotatable bonds is 4. The number of hydrogen-bond donors (Lipinski definition) is 0. The topological polar surface area (TPSA) is 12.9 Å². The van der Waals surface area contributed by atoms with Crippen molar-refractivity contribution in [1.82, 2.24) is 4.98 Å². The molecule has 1 aromatic heterocycles. The molecule has 0 unspecified atom stereocenters. The maximum absolute atomic E-state index is 4.50. The monoisotopic (exact) mass is 339 g/mol. The number of hydrogen-bond acceptors (Lipinski definition) is 1. The first kappa shape index (κ1) is 15.5. The predicted molar refractivity (Wildman–Crippen MR) is 94.9 cm³/mol. The Labute approximate surface area is 134 Å². The summed E-state index contributed by atoms with van der Waals surface area (Å²) in [7, 11) is 0. The maximum atomic E-state index is 4.50. The van der Waals surface area contributed by atoms with Crippen LogP contribution in [0.2, 0.25) is 0 Å². The van der Waals surface area contributed by atoms with Gasteiger partial charge in [0.15, 0.2) is 0 Å². The molecule has 0 saturated carbocycles. The van der Waals surface area contributed by atoms with Crippen molar-refractivity contribution >= 4 is 27.1 Å². The quantitative estimate of drug-likeness (QED) is 0.639. The van der Waals surface area contributed by atoms with Crippen molar-refractivity contribution in [2.24, 2.45) is 0 Å². The van der Waals surface area contributed by atoms with E-state index in [4.69, 9.17) is 0 Å². The molecule has 0 aliphatic rings. The zero-order valence-corrected chi connectivity index (χ0v) is 13.9. The van der Waals surface area contributed by atoms with Gasteiger partial charge >= 0.3 is 0 Å². The Kier molecular flexibility index (Phi) is 5.29. The Bertz CT molecular complexity index is 697. The molecule has 0 N–H and O–H groups in total. The van der Waals surface area contributed by atoms with Crippen LogP contribution in [0.5, 0.6) is 0 Å². The molecule has 0 radical (unpaired) electrons. The summed E-state index contributed by atoms with van der Waals surface area (Å²) in [6, 6.07) is 12.3. The Hall–Kier alpha value is -1.93. The molecular weight excluding hydrogens is 322 g/mol. The third-order valence-electron chi connectivity index (χ3n) is 3.29. The molecule has 1 aromatic carbocycles. The van der Waals surface area contributed by atoms with Crippen LogP contribution in [0.15, 0.2) is 71.9 Å². The minimum Gasteiger partial charge on any atom is -0.255 e. The fourth-order valence-electron chi connectivity index (χ4n) is 2.06. The number of pyridine rings is 1. The highest BCUT2D eigenvalue weighted by Crippen LogP contribution is 2.24. The number of benzene rings is 1. The summed E-state index contributed by atoms with van der Waals surface area (Å²) in [5.74, 6) is 0. The summed E-state index contributed by atoms with van der Waals surface area (Å²) >= 11 is 3.49. The van der Waals surface area contributed by atoms with E-state index in [2.05, 4.69) is 64.8 Å². The van der Waals surface area contributed by atoms with Crippen molar-refractivity contribution in [1.29, 1.82) is 0 Å². The van der Waals surface area contributed by atoms with E-state index in [0.29, 0.717) is 0 Å². The Balaban J connectivity index is 2.44. The van der Waals surface area contributed by atoms with E-state index in [1.54, 1.807) is 0 Å². The molecule has 1 heterocycles. The molecule has 0 saturated heterocycles. The molecule has 0 fully saturated rings. The van der Waals surface area contributed by atoms with Crippen molar-refractivity contribution in [3.8, 4) is 0 Å². The SMILES string of the molecule is C=C/C(=C\C(=C/C)c1cc(C)c(Br)cn1)c1ccccc1. The van der Waals surface area contributed by atoms with Gasteiger partial charge in [0.25, 0.3) is 0 Å². The molecular formula is C19H18BrN. The molecule has 1 nitrogen and oxygen atoms in total. The largest absolute Gasteiger partial charge is 0.255 e. The van der Waals surface area contributed by atoms with Gasteiger partial charge in [-0.1, -0.05) is 49.1 Å². The summed E-state index contributed by atoms with van der Waals surface area (Å²) < 4.78 is 1.03.